The molecule has 0 radical (unpaired) electrons. The number of benzene rings is 1. The van der Waals surface area contributed by atoms with Crippen LogP contribution >= 0.6 is 0 Å². The molecule has 27 heavy (non-hydrogen) atoms. The molecule has 0 aliphatic carbocycles. The summed E-state index contributed by atoms with van der Waals surface area (Å²) in [6, 6.07) is 7.53. The van der Waals surface area contributed by atoms with E-state index in [1.165, 1.54) is 0 Å². The van der Waals surface area contributed by atoms with E-state index in [1.54, 1.807) is 7.11 Å². The minimum absolute atomic E-state index is 0.110. The molecule has 1 aromatic heterocycles. The predicted molar refractivity (Wildman–Crippen MR) is 107 cm³/mol. The summed E-state index contributed by atoms with van der Waals surface area (Å²) in [5.74, 6) is 1.34. The number of aromatic nitrogens is 2. The van der Waals surface area contributed by atoms with Gasteiger partial charge in [-0.2, -0.15) is 0 Å². The van der Waals surface area contributed by atoms with Gasteiger partial charge in [-0.1, -0.05) is 18.2 Å². The highest BCUT2D eigenvalue weighted by Crippen LogP contribution is 2.23. The molecule has 1 aliphatic heterocycles. The molecule has 144 valence electrons. The molecule has 2 heterocycles. The lowest BCUT2D eigenvalue weighted by Gasteiger charge is -2.32. The van der Waals surface area contributed by atoms with Crippen molar-refractivity contribution < 1.29 is 9.53 Å². The number of nitrogens with one attached hydrogen (secondary N) is 1. The number of ether oxygens (including phenoxy) is 1. The van der Waals surface area contributed by atoms with E-state index >= 15 is 0 Å². The SMILES string of the molecule is COc1ccccc1CC(=O)Nc1c(C)nc(N2CCN(C)CC2)nc1C. The van der Waals surface area contributed by atoms with E-state index in [1.807, 2.05) is 38.1 Å². The molecule has 0 saturated carbocycles. The van der Waals surface area contributed by atoms with Gasteiger partial charge in [-0.05, 0) is 27.0 Å². The minimum Gasteiger partial charge on any atom is -0.496 e. The topological polar surface area (TPSA) is 70.6 Å². The lowest BCUT2D eigenvalue weighted by Crippen LogP contribution is -2.45. The molecule has 0 spiro atoms. The second-order valence-corrected chi connectivity index (χ2v) is 6.90. The summed E-state index contributed by atoms with van der Waals surface area (Å²) >= 11 is 0. The van der Waals surface area contributed by atoms with Crippen LogP contribution in [-0.2, 0) is 11.2 Å². The molecule has 0 unspecified atom stereocenters. The summed E-state index contributed by atoms with van der Waals surface area (Å²) in [7, 11) is 3.73. The Labute approximate surface area is 160 Å². The number of carbonyl (C=O) groups excluding carboxylic acids is 1. The molecular weight excluding hydrogens is 342 g/mol. The Morgan fingerprint density at radius 1 is 1.11 bits per heavy atom. The highest BCUT2D eigenvalue weighted by molar-refractivity contribution is 5.93. The minimum atomic E-state index is -0.110. The largest absolute Gasteiger partial charge is 0.496 e. The molecule has 0 bridgehead atoms. The third-order valence-electron chi connectivity index (χ3n) is 4.85. The van der Waals surface area contributed by atoms with Gasteiger partial charge < -0.3 is 19.9 Å². The Morgan fingerprint density at radius 2 is 1.74 bits per heavy atom. The number of para-hydroxylation sites is 1. The van der Waals surface area contributed by atoms with Crippen LogP contribution in [0.15, 0.2) is 24.3 Å². The van der Waals surface area contributed by atoms with Gasteiger partial charge in [0.2, 0.25) is 11.9 Å². The Morgan fingerprint density at radius 3 is 2.37 bits per heavy atom. The van der Waals surface area contributed by atoms with Gasteiger partial charge in [-0.25, -0.2) is 9.97 Å². The van der Waals surface area contributed by atoms with E-state index in [-0.39, 0.29) is 12.3 Å². The molecule has 1 N–H and O–H groups in total. The second-order valence-electron chi connectivity index (χ2n) is 6.90. The van der Waals surface area contributed by atoms with E-state index in [0.717, 1.165) is 49.1 Å². The normalized spacial score (nSPS) is 14.9. The third-order valence-corrected chi connectivity index (χ3v) is 4.85. The highest BCUT2D eigenvalue weighted by atomic mass is 16.5. The van der Waals surface area contributed by atoms with Crippen molar-refractivity contribution in [2.75, 3.05) is 50.6 Å². The molecule has 1 aromatic carbocycles. The maximum Gasteiger partial charge on any atom is 0.229 e. The average molecular weight is 369 g/mol. The first-order chi connectivity index (χ1) is 13.0. The van der Waals surface area contributed by atoms with Crippen molar-refractivity contribution in [3.05, 3.63) is 41.2 Å². The van der Waals surface area contributed by atoms with E-state index in [2.05, 4.69) is 32.1 Å². The van der Waals surface area contributed by atoms with Gasteiger partial charge in [0.05, 0.1) is 30.6 Å². The maximum atomic E-state index is 12.5. The van der Waals surface area contributed by atoms with Gasteiger partial charge in [-0.3, -0.25) is 4.79 Å². The van der Waals surface area contributed by atoms with Crippen LogP contribution in [0.2, 0.25) is 0 Å². The molecule has 7 heteroatoms. The highest BCUT2D eigenvalue weighted by Gasteiger charge is 2.19. The lowest BCUT2D eigenvalue weighted by molar-refractivity contribution is -0.115. The number of aryl methyl sites for hydroxylation is 2. The van der Waals surface area contributed by atoms with E-state index in [4.69, 9.17) is 4.74 Å². The van der Waals surface area contributed by atoms with Gasteiger partial charge >= 0.3 is 0 Å². The zero-order valence-corrected chi connectivity index (χ0v) is 16.5. The van der Waals surface area contributed by atoms with Gasteiger partial charge in [0.1, 0.15) is 5.75 Å². The number of hydrogen-bond acceptors (Lipinski definition) is 6. The number of carbonyl (C=O) groups is 1. The fourth-order valence-corrected chi connectivity index (χ4v) is 3.23. The fraction of sp³-hybridized carbons (Fsp3) is 0.450. The van der Waals surface area contributed by atoms with Gasteiger partial charge in [0.15, 0.2) is 0 Å². The molecule has 0 atom stereocenters. The number of rotatable bonds is 5. The smallest absolute Gasteiger partial charge is 0.229 e. The van der Waals surface area contributed by atoms with Crippen molar-refractivity contribution in [2.24, 2.45) is 0 Å². The van der Waals surface area contributed by atoms with Gasteiger partial charge in [0, 0.05) is 31.7 Å². The number of hydrogen-bond donors (Lipinski definition) is 1. The van der Waals surface area contributed by atoms with Gasteiger partial charge in [-0.15, -0.1) is 0 Å². The van der Waals surface area contributed by atoms with Crippen LogP contribution in [0, 0.1) is 13.8 Å². The first kappa shape index (κ1) is 19.1. The summed E-state index contributed by atoms with van der Waals surface area (Å²) < 4.78 is 5.32. The van der Waals surface area contributed by atoms with Crippen LogP contribution in [0.3, 0.4) is 0 Å². The Kier molecular flexibility index (Phi) is 5.91. The third kappa shape index (κ3) is 4.54. The molecule has 3 rings (SSSR count). The Hall–Kier alpha value is -2.67. The molecule has 1 fully saturated rings. The van der Waals surface area contributed by atoms with Crippen molar-refractivity contribution in [3.63, 3.8) is 0 Å². The quantitative estimate of drug-likeness (QED) is 0.870. The summed E-state index contributed by atoms with van der Waals surface area (Å²) in [6.45, 7) is 7.64. The monoisotopic (exact) mass is 369 g/mol. The van der Waals surface area contributed by atoms with Crippen LogP contribution < -0.4 is 15.0 Å². The maximum absolute atomic E-state index is 12.5. The second kappa shape index (κ2) is 8.35. The fourth-order valence-electron chi connectivity index (χ4n) is 3.23. The Bertz CT molecular complexity index is 793. The number of nitrogens with zero attached hydrogens (tertiary/aromatic N) is 4. The van der Waals surface area contributed by atoms with Crippen molar-refractivity contribution in [3.8, 4) is 5.75 Å². The number of piperazine rings is 1. The summed E-state index contributed by atoms with van der Waals surface area (Å²) in [5.41, 5.74) is 3.10. The van der Waals surface area contributed by atoms with Crippen LogP contribution in [0.25, 0.3) is 0 Å². The van der Waals surface area contributed by atoms with Crippen LogP contribution in [0.5, 0.6) is 5.75 Å². The van der Waals surface area contributed by atoms with Crippen molar-refractivity contribution in [1.29, 1.82) is 0 Å². The number of methoxy groups -OCH3 is 1. The van der Waals surface area contributed by atoms with Crippen molar-refractivity contribution >= 4 is 17.5 Å². The van der Waals surface area contributed by atoms with Crippen LogP contribution in [0.4, 0.5) is 11.6 Å². The van der Waals surface area contributed by atoms with Crippen LogP contribution in [-0.4, -0.2) is 61.1 Å². The van der Waals surface area contributed by atoms with E-state index in [0.29, 0.717) is 11.4 Å². The van der Waals surface area contributed by atoms with Crippen molar-refractivity contribution in [1.82, 2.24) is 14.9 Å². The number of anilines is 2. The lowest BCUT2D eigenvalue weighted by atomic mass is 10.1. The van der Waals surface area contributed by atoms with E-state index < -0.39 is 0 Å². The summed E-state index contributed by atoms with van der Waals surface area (Å²) in [6.07, 6.45) is 0.239. The molecule has 2 aromatic rings. The molecular formula is C20H27N5O2. The van der Waals surface area contributed by atoms with Crippen molar-refractivity contribution in [2.45, 2.75) is 20.3 Å². The zero-order valence-electron chi connectivity index (χ0n) is 16.5. The predicted octanol–water partition coefficient (Wildman–Crippen LogP) is 2.04. The molecule has 7 nitrogen and oxygen atoms in total. The number of amides is 1. The van der Waals surface area contributed by atoms with Gasteiger partial charge in [0.25, 0.3) is 0 Å². The molecule has 1 amide bonds. The van der Waals surface area contributed by atoms with Crippen LogP contribution in [0.1, 0.15) is 17.0 Å². The number of likely N-dealkylation sites (N-methyl/N-ethyl adjacent to an activating group) is 1. The first-order valence-electron chi connectivity index (χ1n) is 9.18. The summed E-state index contributed by atoms with van der Waals surface area (Å²) in [4.78, 5) is 26.3. The zero-order chi connectivity index (χ0) is 19.4. The first-order valence-corrected chi connectivity index (χ1v) is 9.18. The summed E-state index contributed by atoms with van der Waals surface area (Å²) in [5, 5.41) is 2.97. The van der Waals surface area contributed by atoms with E-state index in [9.17, 15) is 4.79 Å². The average Bonchev–Trinajstić information content (AvgIpc) is 2.65. The molecule has 1 aliphatic rings. The Balaban J connectivity index is 1.72. The standard InChI is InChI=1S/C20H27N5O2/c1-14-19(23-18(26)13-16-7-5-6-8-17(16)27-4)15(2)22-20(21-14)25-11-9-24(3)10-12-25/h5-8H,9-13H2,1-4H3,(H,23,26). The molecule has 1 saturated heterocycles.